The summed E-state index contributed by atoms with van der Waals surface area (Å²) in [6, 6.07) is 8.33. The molecule has 2 aromatic rings. The van der Waals surface area contributed by atoms with Crippen LogP contribution in [0.15, 0.2) is 24.3 Å². The highest BCUT2D eigenvalue weighted by Crippen LogP contribution is 2.26. The first kappa shape index (κ1) is 14.7. The second-order valence-electron chi connectivity index (χ2n) is 5.27. The summed E-state index contributed by atoms with van der Waals surface area (Å²) in [7, 11) is 0. The molecule has 3 nitrogen and oxygen atoms in total. The van der Waals surface area contributed by atoms with Gasteiger partial charge in [-0.1, -0.05) is 43.7 Å². The van der Waals surface area contributed by atoms with Crippen LogP contribution < -0.4 is 0 Å². The zero-order valence-electron chi connectivity index (χ0n) is 12.0. The van der Waals surface area contributed by atoms with E-state index in [9.17, 15) is 9.90 Å². The third-order valence-corrected chi connectivity index (χ3v) is 4.56. The second-order valence-corrected chi connectivity index (χ2v) is 6.30. The molecule has 1 heterocycles. The van der Waals surface area contributed by atoms with Gasteiger partial charge >= 0.3 is 5.97 Å². The van der Waals surface area contributed by atoms with E-state index in [0.29, 0.717) is 17.0 Å². The lowest BCUT2D eigenvalue weighted by Gasteiger charge is -2.01. The number of hydrogen-bond acceptors (Lipinski definition) is 3. The minimum atomic E-state index is -0.867. The van der Waals surface area contributed by atoms with E-state index < -0.39 is 5.97 Å². The lowest BCUT2D eigenvalue weighted by Crippen LogP contribution is -2.01. The van der Waals surface area contributed by atoms with Gasteiger partial charge in [0.25, 0.3) is 0 Å². The standard InChI is InChI=1S/C16H19NO2S/c1-10(2)15-17-13(14(20-15)16(18)19)9-8-12-6-4-11(3)5-7-12/h4-7,10H,8-9H2,1-3H3,(H,18,19). The van der Waals surface area contributed by atoms with Crippen molar-refractivity contribution >= 4 is 17.3 Å². The van der Waals surface area contributed by atoms with Gasteiger partial charge in [-0.2, -0.15) is 0 Å². The maximum Gasteiger partial charge on any atom is 0.347 e. The average molecular weight is 289 g/mol. The maximum atomic E-state index is 11.3. The molecule has 0 bridgehead atoms. The third-order valence-electron chi connectivity index (χ3n) is 3.17. The van der Waals surface area contributed by atoms with Crippen molar-refractivity contribution in [3.63, 3.8) is 0 Å². The highest BCUT2D eigenvalue weighted by atomic mass is 32.1. The first-order valence-corrected chi connectivity index (χ1v) is 7.57. The van der Waals surface area contributed by atoms with E-state index >= 15 is 0 Å². The molecule has 0 fully saturated rings. The topological polar surface area (TPSA) is 50.2 Å². The molecule has 106 valence electrons. The van der Waals surface area contributed by atoms with E-state index in [1.807, 2.05) is 13.8 Å². The Labute approximate surface area is 123 Å². The van der Waals surface area contributed by atoms with E-state index in [1.54, 1.807) is 0 Å². The van der Waals surface area contributed by atoms with Gasteiger partial charge in [-0.3, -0.25) is 0 Å². The van der Waals surface area contributed by atoms with Crippen molar-refractivity contribution in [3.8, 4) is 0 Å². The second kappa shape index (κ2) is 6.18. The van der Waals surface area contributed by atoms with Crippen molar-refractivity contribution in [2.45, 2.75) is 39.5 Å². The predicted molar refractivity (Wildman–Crippen MR) is 81.7 cm³/mol. The van der Waals surface area contributed by atoms with Gasteiger partial charge in [-0.15, -0.1) is 11.3 Å². The summed E-state index contributed by atoms with van der Waals surface area (Å²) in [5.41, 5.74) is 3.16. The molecule has 0 amide bonds. The lowest BCUT2D eigenvalue weighted by molar-refractivity contribution is 0.0700. The number of carboxylic acids is 1. The Kier molecular flexibility index (Phi) is 4.55. The summed E-state index contributed by atoms with van der Waals surface area (Å²) in [5.74, 6) is -0.598. The molecule has 1 aromatic carbocycles. The molecular weight excluding hydrogens is 270 g/mol. The first-order valence-electron chi connectivity index (χ1n) is 6.76. The van der Waals surface area contributed by atoms with Gasteiger partial charge in [0, 0.05) is 5.92 Å². The van der Waals surface area contributed by atoms with Crippen LogP contribution in [0.3, 0.4) is 0 Å². The Hall–Kier alpha value is -1.68. The molecule has 0 spiro atoms. The monoisotopic (exact) mass is 289 g/mol. The predicted octanol–water partition coefficient (Wildman–Crippen LogP) is 4.06. The zero-order chi connectivity index (χ0) is 14.7. The highest BCUT2D eigenvalue weighted by Gasteiger charge is 2.18. The summed E-state index contributed by atoms with van der Waals surface area (Å²) in [4.78, 5) is 16.2. The Morgan fingerprint density at radius 1 is 1.25 bits per heavy atom. The number of aromatic carboxylic acids is 1. The maximum absolute atomic E-state index is 11.3. The van der Waals surface area contributed by atoms with E-state index in [-0.39, 0.29) is 5.92 Å². The van der Waals surface area contributed by atoms with Gasteiger partial charge in [0.05, 0.1) is 10.7 Å². The van der Waals surface area contributed by atoms with Crippen LogP contribution in [0, 0.1) is 6.92 Å². The molecule has 0 unspecified atom stereocenters. The quantitative estimate of drug-likeness (QED) is 0.903. The molecule has 0 aliphatic heterocycles. The van der Waals surface area contributed by atoms with Gasteiger partial charge in [-0.25, -0.2) is 9.78 Å². The van der Waals surface area contributed by atoms with Crippen molar-refractivity contribution in [2.24, 2.45) is 0 Å². The Morgan fingerprint density at radius 2 is 1.90 bits per heavy atom. The van der Waals surface area contributed by atoms with Gasteiger partial charge in [-0.05, 0) is 25.3 Å². The fraction of sp³-hybridized carbons (Fsp3) is 0.375. The van der Waals surface area contributed by atoms with Gasteiger partial charge < -0.3 is 5.11 Å². The molecule has 0 saturated heterocycles. The fourth-order valence-electron chi connectivity index (χ4n) is 1.97. The van der Waals surface area contributed by atoms with Crippen LogP contribution in [0.4, 0.5) is 0 Å². The number of thiazole rings is 1. The average Bonchev–Trinajstić information content (AvgIpc) is 2.82. The van der Waals surface area contributed by atoms with E-state index in [0.717, 1.165) is 11.4 Å². The minimum absolute atomic E-state index is 0.270. The number of benzene rings is 1. The van der Waals surface area contributed by atoms with Gasteiger partial charge in [0.1, 0.15) is 4.88 Å². The summed E-state index contributed by atoms with van der Waals surface area (Å²) >= 11 is 1.30. The largest absolute Gasteiger partial charge is 0.477 e. The minimum Gasteiger partial charge on any atom is -0.477 e. The zero-order valence-corrected chi connectivity index (χ0v) is 12.8. The van der Waals surface area contributed by atoms with Crippen LogP contribution in [-0.4, -0.2) is 16.1 Å². The molecule has 1 N–H and O–H groups in total. The summed E-state index contributed by atoms with van der Waals surface area (Å²) < 4.78 is 0. The highest BCUT2D eigenvalue weighted by molar-refractivity contribution is 7.13. The Morgan fingerprint density at radius 3 is 2.45 bits per heavy atom. The molecule has 2 rings (SSSR count). The molecule has 0 aliphatic rings. The van der Waals surface area contributed by atoms with Crippen molar-refractivity contribution in [1.29, 1.82) is 0 Å². The van der Waals surface area contributed by atoms with Crippen molar-refractivity contribution < 1.29 is 9.90 Å². The smallest absolute Gasteiger partial charge is 0.347 e. The van der Waals surface area contributed by atoms with Crippen LogP contribution in [0.25, 0.3) is 0 Å². The number of nitrogens with zero attached hydrogens (tertiary/aromatic N) is 1. The van der Waals surface area contributed by atoms with E-state index in [1.165, 1.54) is 22.5 Å². The van der Waals surface area contributed by atoms with E-state index in [4.69, 9.17) is 0 Å². The van der Waals surface area contributed by atoms with Crippen LogP contribution in [0.2, 0.25) is 0 Å². The number of rotatable bonds is 5. The van der Waals surface area contributed by atoms with E-state index in [2.05, 4.69) is 36.2 Å². The number of carboxylic acid groups (broad SMARTS) is 1. The SMILES string of the molecule is Cc1ccc(CCc2nc(C(C)C)sc2C(=O)O)cc1. The Bertz CT molecular complexity index is 599. The molecule has 1 aromatic heterocycles. The summed E-state index contributed by atoms with van der Waals surface area (Å²) in [5, 5.41) is 10.2. The summed E-state index contributed by atoms with van der Waals surface area (Å²) in [6.45, 7) is 6.13. The number of carbonyl (C=O) groups is 1. The van der Waals surface area contributed by atoms with Gasteiger partial charge in [0.2, 0.25) is 0 Å². The number of aryl methyl sites for hydroxylation is 3. The molecule has 4 heteroatoms. The first-order chi connectivity index (χ1) is 9.47. The van der Waals surface area contributed by atoms with Crippen molar-refractivity contribution in [3.05, 3.63) is 51.0 Å². The molecule has 0 atom stereocenters. The Balaban J connectivity index is 2.15. The third kappa shape index (κ3) is 3.45. The summed E-state index contributed by atoms with van der Waals surface area (Å²) in [6.07, 6.45) is 1.50. The molecule has 0 radical (unpaired) electrons. The number of aromatic nitrogens is 1. The normalized spacial score (nSPS) is 11.0. The lowest BCUT2D eigenvalue weighted by atomic mass is 10.1. The van der Waals surface area contributed by atoms with Crippen molar-refractivity contribution in [2.75, 3.05) is 0 Å². The molecular formula is C16H19NO2S. The van der Waals surface area contributed by atoms with Gasteiger partial charge in [0.15, 0.2) is 0 Å². The van der Waals surface area contributed by atoms with Crippen LogP contribution >= 0.6 is 11.3 Å². The van der Waals surface area contributed by atoms with Crippen molar-refractivity contribution in [1.82, 2.24) is 4.98 Å². The van der Waals surface area contributed by atoms with Crippen LogP contribution in [-0.2, 0) is 12.8 Å². The fourth-order valence-corrected chi connectivity index (χ4v) is 2.92. The van der Waals surface area contributed by atoms with Crippen LogP contribution in [0.5, 0.6) is 0 Å². The molecule has 0 saturated carbocycles. The number of hydrogen-bond donors (Lipinski definition) is 1. The van der Waals surface area contributed by atoms with Crippen LogP contribution in [0.1, 0.15) is 51.3 Å². The molecule has 0 aliphatic carbocycles. The molecule has 20 heavy (non-hydrogen) atoms.